The summed E-state index contributed by atoms with van der Waals surface area (Å²) in [6.07, 6.45) is 1.61. The normalized spacial score (nSPS) is 11.0. The number of fused-ring (bicyclic) bond motifs is 1. The number of pyridine rings is 2. The second-order valence-electron chi connectivity index (χ2n) is 5.73. The molecule has 0 atom stereocenters. The highest BCUT2D eigenvalue weighted by Crippen LogP contribution is 2.28. The number of benzene rings is 1. The second-order valence-corrected chi connectivity index (χ2v) is 5.73. The molecule has 0 amide bonds. The fraction of sp³-hybridized carbons (Fsp3) is 0.0526. The third-order valence-electron chi connectivity index (χ3n) is 4.04. The van der Waals surface area contributed by atoms with Gasteiger partial charge in [0.05, 0.1) is 22.7 Å². The molecule has 1 aromatic carbocycles. The molecule has 0 unspecified atom stereocenters. The number of hydrogen-bond donors (Lipinski definition) is 0. The molecule has 6 nitrogen and oxygen atoms in total. The maximum Gasteiger partial charge on any atom is 0.166 e. The maximum atomic E-state index is 13.2. The van der Waals surface area contributed by atoms with Crippen molar-refractivity contribution >= 4 is 17.0 Å². The average molecular weight is 347 g/mol. The minimum absolute atomic E-state index is 0.0194. The molecule has 26 heavy (non-hydrogen) atoms. The van der Waals surface area contributed by atoms with Gasteiger partial charge in [0.25, 0.3) is 0 Å². The number of carbonyl (C=O) groups is 1. The van der Waals surface area contributed by atoms with Crippen molar-refractivity contribution in [2.45, 2.75) is 6.92 Å². The van der Waals surface area contributed by atoms with Crippen LogP contribution < -0.4 is 5.11 Å². The summed E-state index contributed by atoms with van der Waals surface area (Å²) in [5.41, 5.74) is 1.80. The second kappa shape index (κ2) is 6.03. The summed E-state index contributed by atoms with van der Waals surface area (Å²) in [4.78, 5) is 20.5. The van der Waals surface area contributed by atoms with Crippen LogP contribution in [0.25, 0.3) is 28.1 Å². The zero-order chi connectivity index (χ0) is 18.3. The number of carbonyl (C=O) groups excluding carboxylic acids is 1. The topological polar surface area (TPSA) is 83.7 Å². The van der Waals surface area contributed by atoms with Crippen LogP contribution in [0.2, 0.25) is 0 Å². The van der Waals surface area contributed by atoms with Crippen LogP contribution >= 0.6 is 0 Å². The van der Waals surface area contributed by atoms with Gasteiger partial charge in [-0.1, -0.05) is 6.07 Å². The first-order chi connectivity index (χ1) is 12.5. The van der Waals surface area contributed by atoms with Gasteiger partial charge in [0.2, 0.25) is 0 Å². The van der Waals surface area contributed by atoms with E-state index in [0.29, 0.717) is 33.8 Å². The van der Waals surface area contributed by atoms with Crippen LogP contribution in [-0.2, 0) is 0 Å². The van der Waals surface area contributed by atoms with E-state index in [1.54, 1.807) is 31.3 Å². The summed E-state index contributed by atoms with van der Waals surface area (Å²) >= 11 is 0. The van der Waals surface area contributed by atoms with Gasteiger partial charge in [-0.2, -0.15) is 9.78 Å². The average Bonchev–Trinajstić information content (AvgIpc) is 2.99. The van der Waals surface area contributed by atoms with E-state index < -0.39 is 5.97 Å². The van der Waals surface area contributed by atoms with Crippen LogP contribution in [0.1, 0.15) is 16.1 Å². The molecular weight excluding hydrogens is 335 g/mol. The van der Waals surface area contributed by atoms with Crippen LogP contribution in [0.5, 0.6) is 0 Å². The molecule has 0 bridgehead atoms. The van der Waals surface area contributed by atoms with Crippen molar-refractivity contribution in [2.75, 3.05) is 0 Å². The van der Waals surface area contributed by atoms with Crippen molar-refractivity contribution in [1.82, 2.24) is 19.7 Å². The molecule has 128 valence electrons. The Morgan fingerprint density at radius 3 is 2.58 bits per heavy atom. The molecule has 0 N–H and O–H groups in total. The van der Waals surface area contributed by atoms with Gasteiger partial charge in [-0.15, -0.1) is 0 Å². The summed E-state index contributed by atoms with van der Waals surface area (Å²) in [6.45, 7) is 1.70. The molecular formula is C19H12FN4O2-. The number of carboxylic acids is 1. The molecule has 0 aliphatic heterocycles. The zero-order valence-electron chi connectivity index (χ0n) is 13.7. The Hall–Kier alpha value is -3.61. The first kappa shape index (κ1) is 15.9. The lowest BCUT2D eigenvalue weighted by atomic mass is 10.1. The van der Waals surface area contributed by atoms with E-state index >= 15 is 0 Å². The largest absolute Gasteiger partial charge is 0.545 e. The number of nitrogens with zero attached hydrogens (tertiary/aromatic N) is 4. The predicted octanol–water partition coefficient (Wildman–Crippen LogP) is 2.29. The maximum absolute atomic E-state index is 13.2. The van der Waals surface area contributed by atoms with Gasteiger partial charge in [-0.05, 0) is 49.4 Å². The third-order valence-corrected chi connectivity index (χ3v) is 4.04. The highest BCUT2D eigenvalue weighted by Gasteiger charge is 2.17. The molecule has 4 aromatic rings. The molecule has 0 aliphatic carbocycles. The van der Waals surface area contributed by atoms with Crippen LogP contribution in [-0.4, -0.2) is 25.7 Å². The summed E-state index contributed by atoms with van der Waals surface area (Å²) in [7, 11) is 0. The zero-order valence-corrected chi connectivity index (χ0v) is 13.7. The molecule has 3 heterocycles. The Labute approximate surface area is 147 Å². The van der Waals surface area contributed by atoms with E-state index in [4.69, 9.17) is 0 Å². The van der Waals surface area contributed by atoms with Gasteiger partial charge >= 0.3 is 0 Å². The Kier molecular flexibility index (Phi) is 3.69. The lowest BCUT2D eigenvalue weighted by molar-refractivity contribution is -0.254. The molecule has 0 radical (unpaired) electrons. The highest BCUT2D eigenvalue weighted by molar-refractivity contribution is 6.03. The number of rotatable bonds is 3. The van der Waals surface area contributed by atoms with Crippen molar-refractivity contribution in [3.63, 3.8) is 0 Å². The van der Waals surface area contributed by atoms with E-state index in [1.165, 1.54) is 35.0 Å². The number of carboxylic acid groups (broad SMARTS) is 1. The molecule has 4 rings (SSSR count). The van der Waals surface area contributed by atoms with Crippen molar-refractivity contribution in [3.05, 3.63) is 71.8 Å². The Morgan fingerprint density at radius 2 is 1.92 bits per heavy atom. The fourth-order valence-corrected chi connectivity index (χ4v) is 2.86. The van der Waals surface area contributed by atoms with Crippen molar-refractivity contribution < 1.29 is 14.3 Å². The van der Waals surface area contributed by atoms with Gasteiger partial charge in [0.1, 0.15) is 5.82 Å². The van der Waals surface area contributed by atoms with E-state index in [0.717, 1.165) is 0 Å². The summed E-state index contributed by atoms with van der Waals surface area (Å²) < 4.78 is 14.7. The lowest BCUT2D eigenvalue weighted by Gasteiger charge is -2.09. The number of halogens is 1. The fourth-order valence-electron chi connectivity index (χ4n) is 2.86. The lowest BCUT2D eigenvalue weighted by Crippen LogP contribution is -2.23. The van der Waals surface area contributed by atoms with Crippen molar-refractivity contribution in [1.29, 1.82) is 0 Å². The van der Waals surface area contributed by atoms with E-state index in [9.17, 15) is 14.3 Å². The molecule has 0 fully saturated rings. The number of aromatic nitrogens is 4. The molecule has 3 aromatic heterocycles. The van der Waals surface area contributed by atoms with Crippen LogP contribution in [0, 0.1) is 12.7 Å². The number of aromatic carboxylic acids is 1. The van der Waals surface area contributed by atoms with Crippen molar-refractivity contribution in [2.24, 2.45) is 0 Å². The first-order valence-corrected chi connectivity index (χ1v) is 7.83. The Bertz CT molecular complexity index is 1120. The van der Waals surface area contributed by atoms with E-state index in [1.807, 2.05) is 0 Å². The predicted molar refractivity (Wildman–Crippen MR) is 91.1 cm³/mol. The van der Waals surface area contributed by atoms with Crippen LogP contribution in [0.4, 0.5) is 4.39 Å². The van der Waals surface area contributed by atoms with Gasteiger partial charge in [0.15, 0.2) is 11.5 Å². The highest BCUT2D eigenvalue weighted by atomic mass is 19.1. The van der Waals surface area contributed by atoms with E-state index in [2.05, 4.69) is 15.1 Å². The van der Waals surface area contributed by atoms with Crippen LogP contribution in [0.15, 0.2) is 54.7 Å². The molecule has 7 heteroatoms. The van der Waals surface area contributed by atoms with Crippen LogP contribution in [0.3, 0.4) is 0 Å². The third kappa shape index (κ3) is 2.59. The summed E-state index contributed by atoms with van der Waals surface area (Å²) in [6, 6.07) is 12.4. The standard InChI is InChI=1S/C19H13FN4O2/c1-11-17-14(19(25)26)10-15(12-5-7-13(20)8-6-12)22-18(17)24(23-11)16-4-2-3-9-21-16/h2-10H,1H3,(H,25,26)/p-1. The van der Waals surface area contributed by atoms with E-state index in [-0.39, 0.29) is 11.4 Å². The minimum atomic E-state index is -1.33. The van der Waals surface area contributed by atoms with Gasteiger partial charge in [0, 0.05) is 17.3 Å². The van der Waals surface area contributed by atoms with Gasteiger partial charge in [-0.25, -0.2) is 14.4 Å². The first-order valence-electron chi connectivity index (χ1n) is 7.83. The minimum Gasteiger partial charge on any atom is -0.545 e. The smallest absolute Gasteiger partial charge is 0.166 e. The Balaban J connectivity index is 2.04. The Morgan fingerprint density at radius 1 is 1.15 bits per heavy atom. The quantitative estimate of drug-likeness (QED) is 0.568. The summed E-state index contributed by atoms with van der Waals surface area (Å²) in [5.74, 6) is -1.20. The SMILES string of the molecule is Cc1nn(-c2ccccn2)c2nc(-c3ccc(F)cc3)cc(C(=O)[O-])c12. The molecule has 0 saturated carbocycles. The van der Waals surface area contributed by atoms with Gasteiger partial charge < -0.3 is 9.90 Å². The molecule has 0 aliphatic rings. The van der Waals surface area contributed by atoms with Crippen molar-refractivity contribution in [3.8, 4) is 17.1 Å². The monoisotopic (exact) mass is 347 g/mol. The molecule has 0 saturated heterocycles. The van der Waals surface area contributed by atoms with Gasteiger partial charge in [-0.3, -0.25) is 0 Å². The number of hydrogen-bond acceptors (Lipinski definition) is 5. The molecule has 0 spiro atoms. The summed E-state index contributed by atoms with van der Waals surface area (Å²) in [5, 5.41) is 16.5. The number of aryl methyl sites for hydroxylation is 1.